The van der Waals surface area contributed by atoms with E-state index in [0.717, 1.165) is 6.42 Å². The number of hydrogen-bond acceptors (Lipinski definition) is 3. The van der Waals surface area contributed by atoms with Crippen LogP contribution in [0.5, 0.6) is 0 Å². The number of hydrogen-bond donors (Lipinski definition) is 0. The van der Waals surface area contributed by atoms with E-state index in [1.807, 2.05) is 0 Å². The van der Waals surface area contributed by atoms with Crippen molar-refractivity contribution in [3.05, 3.63) is 6.42 Å². The standard InChI is InChI=1S/C6H7O3.V/c1-5(8)4-6(9)2-3-7;/h2-3H,4H2,1H3;/q-1;. The maximum Gasteiger partial charge on any atom is 0.134 e. The minimum atomic E-state index is -0.433. The van der Waals surface area contributed by atoms with Gasteiger partial charge in [0.25, 0.3) is 0 Å². The van der Waals surface area contributed by atoms with Crippen LogP contribution in [-0.4, -0.2) is 17.9 Å². The molecule has 0 amide bonds. The fourth-order valence-electron chi connectivity index (χ4n) is 0.380. The van der Waals surface area contributed by atoms with Gasteiger partial charge in [-0.2, -0.15) is 0 Å². The predicted octanol–water partition coefficient (Wildman–Crippen LogP) is -0.0647. The summed E-state index contributed by atoms with van der Waals surface area (Å²) in [5.74, 6) is -0.657. The predicted molar refractivity (Wildman–Crippen MR) is 30.7 cm³/mol. The summed E-state index contributed by atoms with van der Waals surface area (Å²) in [4.78, 5) is 30.1. The first-order valence-electron chi connectivity index (χ1n) is 2.47. The van der Waals surface area contributed by atoms with Crippen LogP contribution >= 0.6 is 0 Å². The molecule has 0 bridgehead atoms. The van der Waals surface area contributed by atoms with Crippen LogP contribution in [0, 0.1) is 6.42 Å². The van der Waals surface area contributed by atoms with Gasteiger partial charge in [-0.1, -0.05) is 0 Å². The van der Waals surface area contributed by atoms with Gasteiger partial charge in [-0.25, -0.2) is 0 Å². The zero-order valence-electron chi connectivity index (χ0n) is 5.53. The quantitative estimate of drug-likeness (QED) is 0.344. The zero-order chi connectivity index (χ0) is 7.28. The van der Waals surface area contributed by atoms with Gasteiger partial charge in [0.05, 0.1) is 0 Å². The summed E-state index contributed by atoms with van der Waals surface area (Å²) in [5, 5.41) is 0. The zero-order valence-corrected chi connectivity index (χ0v) is 6.93. The molecule has 0 saturated carbocycles. The summed E-state index contributed by atoms with van der Waals surface area (Å²) in [7, 11) is 0. The van der Waals surface area contributed by atoms with Crippen LogP contribution < -0.4 is 0 Å². The van der Waals surface area contributed by atoms with Crippen LogP contribution in [0.1, 0.15) is 13.3 Å². The van der Waals surface area contributed by atoms with Crippen LogP contribution in [0.2, 0.25) is 0 Å². The van der Waals surface area contributed by atoms with Crippen molar-refractivity contribution in [2.75, 3.05) is 0 Å². The Kier molecular flexibility index (Phi) is 8.01. The molecule has 0 unspecified atom stereocenters. The molecule has 0 heterocycles. The summed E-state index contributed by atoms with van der Waals surface area (Å²) in [5.41, 5.74) is 0. The third-order valence-electron chi connectivity index (χ3n) is 0.677. The number of carbonyl (C=O) groups excluding carboxylic acids is 3. The minimum Gasteiger partial charge on any atom is -0.338 e. The van der Waals surface area contributed by atoms with Crippen LogP contribution in [0.15, 0.2) is 0 Å². The Hall–Kier alpha value is -0.536. The summed E-state index contributed by atoms with van der Waals surface area (Å²) in [6.45, 7) is 1.30. The molecule has 4 heteroatoms. The summed E-state index contributed by atoms with van der Waals surface area (Å²) < 4.78 is 0. The van der Waals surface area contributed by atoms with Crippen molar-refractivity contribution in [1.29, 1.82) is 0 Å². The maximum absolute atomic E-state index is 10.3. The first kappa shape index (κ1) is 12.2. The van der Waals surface area contributed by atoms with Gasteiger partial charge in [-0.15, -0.1) is 0 Å². The van der Waals surface area contributed by atoms with E-state index in [1.54, 1.807) is 0 Å². The van der Waals surface area contributed by atoms with Crippen molar-refractivity contribution in [2.45, 2.75) is 13.3 Å². The summed E-state index contributed by atoms with van der Waals surface area (Å²) in [6.07, 6.45) is 1.06. The Morgan fingerprint density at radius 1 is 1.50 bits per heavy atom. The first-order chi connectivity index (χ1) is 4.16. The molecule has 1 radical (unpaired) electrons. The third kappa shape index (κ3) is 7.46. The van der Waals surface area contributed by atoms with E-state index in [4.69, 9.17) is 0 Å². The monoisotopic (exact) mass is 178 g/mol. The fourth-order valence-corrected chi connectivity index (χ4v) is 0.380. The molecule has 0 aliphatic rings. The van der Waals surface area contributed by atoms with Crippen molar-refractivity contribution in [3.63, 3.8) is 0 Å². The topological polar surface area (TPSA) is 51.2 Å². The van der Waals surface area contributed by atoms with E-state index < -0.39 is 5.78 Å². The van der Waals surface area contributed by atoms with E-state index in [2.05, 4.69) is 0 Å². The van der Waals surface area contributed by atoms with Crippen molar-refractivity contribution < 1.29 is 32.9 Å². The Morgan fingerprint density at radius 3 is 2.30 bits per heavy atom. The molecule has 0 saturated heterocycles. The first-order valence-corrected chi connectivity index (χ1v) is 2.47. The Morgan fingerprint density at radius 2 is 2.00 bits per heavy atom. The Balaban J connectivity index is 0. The van der Waals surface area contributed by atoms with E-state index in [0.29, 0.717) is 6.29 Å². The molecule has 0 fully saturated rings. The molecule has 0 aromatic carbocycles. The second-order valence-corrected chi connectivity index (χ2v) is 1.65. The second kappa shape index (κ2) is 6.58. The van der Waals surface area contributed by atoms with Crippen LogP contribution in [0.25, 0.3) is 0 Å². The molecule has 10 heavy (non-hydrogen) atoms. The van der Waals surface area contributed by atoms with E-state index in [9.17, 15) is 14.4 Å². The Bertz CT molecular complexity index is 142. The molecular weight excluding hydrogens is 171 g/mol. The van der Waals surface area contributed by atoms with Gasteiger partial charge in [-0.05, 0) is 13.2 Å². The maximum atomic E-state index is 10.3. The van der Waals surface area contributed by atoms with Gasteiger partial charge >= 0.3 is 0 Å². The van der Waals surface area contributed by atoms with E-state index in [-0.39, 0.29) is 30.8 Å². The van der Waals surface area contributed by atoms with Gasteiger partial charge < -0.3 is 9.59 Å². The van der Waals surface area contributed by atoms with Crippen molar-refractivity contribution in [3.8, 4) is 0 Å². The molecule has 0 aromatic heterocycles. The number of ketones is 2. The third-order valence-corrected chi connectivity index (χ3v) is 0.677. The van der Waals surface area contributed by atoms with Gasteiger partial charge in [-0.3, -0.25) is 11.2 Å². The minimum absolute atomic E-state index is 0. The van der Waals surface area contributed by atoms with Crippen molar-refractivity contribution in [2.24, 2.45) is 0 Å². The largest absolute Gasteiger partial charge is 0.338 e. The SMILES string of the molecule is CC(=O)CC(=O)[CH-]C=O.[V]. The molecule has 0 N–H and O–H groups in total. The van der Waals surface area contributed by atoms with Crippen molar-refractivity contribution in [1.82, 2.24) is 0 Å². The number of Topliss-reactive ketones (excluding diaryl/α,β-unsaturated/α-hetero) is 2. The molecule has 0 aromatic rings. The molecular formula is C6H7O3V-. The van der Waals surface area contributed by atoms with Crippen LogP contribution in [-0.2, 0) is 32.9 Å². The number of carbonyl (C=O) groups is 3. The van der Waals surface area contributed by atoms with Crippen molar-refractivity contribution >= 4 is 17.9 Å². The Labute approximate surface area is 71.1 Å². The van der Waals surface area contributed by atoms with Crippen LogP contribution in [0.4, 0.5) is 0 Å². The molecule has 0 spiro atoms. The average Bonchev–Trinajstić information content (AvgIpc) is 1.63. The van der Waals surface area contributed by atoms with Crippen LogP contribution in [0.3, 0.4) is 0 Å². The summed E-state index contributed by atoms with van der Waals surface area (Å²) in [6, 6.07) is 0. The van der Waals surface area contributed by atoms with Gasteiger partial charge in [0.1, 0.15) is 5.78 Å². The molecule has 0 aliphatic heterocycles. The van der Waals surface area contributed by atoms with Gasteiger partial charge in [0, 0.05) is 30.8 Å². The van der Waals surface area contributed by atoms with E-state index in [1.165, 1.54) is 6.92 Å². The van der Waals surface area contributed by atoms with Gasteiger partial charge in [0.15, 0.2) is 0 Å². The molecule has 0 atom stereocenters. The summed E-state index contributed by atoms with van der Waals surface area (Å²) >= 11 is 0. The smallest absolute Gasteiger partial charge is 0.134 e. The van der Waals surface area contributed by atoms with Gasteiger partial charge in [0.2, 0.25) is 0 Å². The average molecular weight is 178 g/mol. The number of aldehydes is 1. The van der Waals surface area contributed by atoms with E-state index >= 15 is 0 Å². The second-order valence-electron chi connectivity index (χ2n) is 1.65. The molecule has 3 nitrogen and oxygen atoms in total. The fraction of sp³-hybridized carbons (Fsp3) is 0.333. The molecule has 0 aliphatic carbocycles. The number of rotatable bonds is 4. The normalized spacial score (nSPS) is 7.30. The molecule has 0 rings (SSSR count). The molecule has 55 valence electrons.